The molecule has 1 aromatic rings. The molecule has 1 saturated heterocycles. The second-order valence-corrected chi connectivity index (χ2v) is 11.0. The molecule has 202 valence electrons. The van der Waals surface area contributed by atoms with E-state index in [1.807, 2.05) is 4.90 Å². The smallest absolute Gasteiger partial charge is 0.378 e. The van der Waals surface area contributed by atoms with E-state index in [1.54, 1.807) is 4.90 Å². The van der Waals surface area contributed by atoms with Crippen LogP contribution in [-0.2, 0) is 16.1 Å². The van der Waals surface area contributed by atoms with Crippen LogP contribution in [0.3, 0.4) is 0 Å². The predicted molar refractivity (Wildman–Crippen MR) is 124 cm³/mol. The van der Waals surface area contributed by atoms with E-state index in [4.69, 9.17) is 4.74 Å². The monoisotopic (exact) mass is 525 g/mol. The van der Waals surface area contributed by atoms with Crippen molar-refractivity contribution < 1.29 is 36.7 Å². The molecule has 7 nitrogen and oxygen atoms in total. The number of benzene rings is 1. The number of hydrogen-bond acceptors (Lipinski definition) is 4. The van der Waals surface area contributed by atoms with E-state index in [0.717, 1.165) is 25.3 Å². The molecule has 4 saturated carbocycles. The van der Waals surface area contributed by atoms with Gasteiger partial charge in [-0.1, -0.05) is 12.1 Å². The van der Waals surface area contributed by atoms with Gasteiger partial charge >= 0.3 is 18.1 Å². The summed E-state index contributed by atoms with van der Waals surface area (Å²) in [5, 5.41) is 1.51. The lowest BCUT2D eigenvalue weighted by Crippen LogP contribution is -2.64. The van der Waals surface area contributed by atoms with Gasteiger partial charge in [0.1, 0.15) is 5.82 Å². The summed E-state index contributed by atoms with van der Waals surface area (Å²) in [6, 6.07) is 3.58. The highest BCUT2D eigenvalue weighted by Crippen LogP contribution is 2.58. The Hall–Kier alpha value is -2.69. The molecular weight excluding hydrogens is 494 g/mol. The fourth-order valence-corrected chi connectivity index (χ4v) is 7.14. The van der Waals surface area contributed by atoms with Crippen molar-refractivity contribution in [2.45, 2.75) is 56.8 Å². The van der Waals surface area contributed by atoms with Gasteiger partial charge in [0.05, 0.1) is 26.3 Å². The molecule has 4 bridgehead atoms. The normalized spacial score (nSPS) is 28.8. The SMILES string of the molecule is O=C(CNC(=O)C(F)(F)F)c1ccc(CN(C(=O)N2CCOCC2)C23CC4CC(CC(C4)C2)C3)c(F)c1. The maximum atomic E-state index is 15.2. The largest absolute Gasteiger partial charge is 0.471 e. The number of ketones is 1. The van der Waals surface area contributed by atoms with Gasteiger partial charge in [-0.05, 0) is 62.3 Å². The average Bonchev–Trinajstić information content (AvgIpc) is 2.85. The van der Waals surface area contributed by atoms with Crippen molar-refractivity contribution in [2.75, 3.05) is 32.8 Å². The molecule has 1 aliphatic heterocycles. The number of nitrogens with one attached hydrogen (secondary N) is 1. The summed E-state index contributed by atoms with van der Waals surface area (Å²) in [6.07, 6.45) is 1.19. The summed E-state index contributed by atoms with van der Waals surface area (Å²) in [4.78, 5) is 40.7. The third-order valence-electron chi connectivity index (χ3n) is 8.46. The Labute approximate surface area is 212 Å². The van der Waals surface area contributed by atoms with E-state index < -0.39 is 30.2 Å². The molecule has 1 aromatic carbocycles. The highest BCUT2D eigenvalue weighted by molar-refractivity contribution is 5.99. The van der Waals surface area contributed by atoms with Gasteiger partial charge in [0.15, 0.2) is 5.78 Å². The van der Waals surface area contributed by atoms with Crippen LogP contribution in [0.1, 0.15) is 54.4 Å². The van der Waals surface area contributed by atoms with Crippen molar-refractivity contribution in [1.82, 2.24) is 15.1 Å². The number of nitrogens with zero attached hydrogens (tertiary/aromatic N) is 2. The molecule has 1 N–H and O–H groups in total. The van der Waals surface area contributed by atoms with Crippen LogP contribution in [0.5, 0.6) is 0 Å². The Morgan fingerprint density at radius 3 is 2.16 bits per heavy atom. The number of urea groups is 1. The first kappa shape index (κ1) is 25.9. The lowest BCUT2D eigenvalue weighted by atomic mass is 9.52. The summed E-state index contributed by atoms with van der Waals surface area (Å²) < 4.78 is 57.8. The molecule has 1 heterocycles. The summed E-state index contributed by atoms with van der Waals surface area (Å²) in [7, 11) is 0. The number of carbonyl (C=O) groups is 3. The summed E-state index contributed by atoms with van der Waals surface area (Å²) >= 11 is 0. The minimum absolute atomic E-state index is 0.0491. The molecule has 0 radical (unpaired) electrons. The fourth-order valence-electron chi connectivity index (χ4n) is 7.14. The number of hydrogen-bond donors (Lipinski definition) is 1. The van der Waals surface area contributed by atoms with Crippen molar-refractivity contribution in [3.8, 4) is 0 Å². The molecule has 4 aliphatic carbocycles. The van der Waals surface area contributed by atoms with Crippen LogP contribution < -0.4 is 5.32 Å². The van der Waals surface area contributed by atoms with E-state index in [1.165, 1.54) is 36.7 Å². The maximum Gasteiger partial charge on any atom is 0.471 e. The molecule has 37 heavy (non-hydrogen) atoms. The molecule has 5 fully saturated rings. The number of carbonyl (C=O) groups excluding carboxylic acids is 3. The third kappa shape index (κ3) is 5.32. The van der Waals surface area contributed by atoms with Crippen molar-refractivity contribution in [3.05, 3.63) is 35.1 Å². The van der Waals surface area contributed by atoms with Gasteiger partial charge in [-0.15, -0.1) is 0 Å². The molecule has 5 aliphatic rings. The zero-order chi connectivity index (χ0) is 26.4. The maximum absolute atomic E-state index is 15.2. The topological polar surface area (TPSA) is 79.0 Å². The molecule has 0 aromatic heterocycles. The van der Waals surface area contributed by atoms with E-state index in [-0.39, 0.29) is 29.2 Å². The minimum Gasteiger partial charge on any atom is -0.378 e. The van der Waals surface area contributed by atoms with E-state index in [2.05, 4.69) is 0 Å². The van der Waals surface area contributed by atoms with Gasteiger partial charge in [-0.2, -0.15) is 13.2 Å². The van der Waals surface area contributed by atoms with Crippen molar-refractivity contribution >= 4 is 17.7 Å². The predicted octanol–water partition coefficient (Wildman–Crippen LogP) is 3.91. The first-order valence-electron chi connectivity index (χ1n) is 12.8. The van der Waals surface area contributed by atoms with Gasteiger partial charge in [-0.25, -0.2) is 9.18 Å². The Morgan fingerprint density at radius 1 is 1.03 bits per heavy atom. The Balaban J connectivity index is 1.36. The number of halogens is 4. The lowest BCUT2D eigenvalue weighted by molar-refractivity contribution is -0.173. The summed E-state index contributed by atoms with van der Waals surface area (Å²) in [5.41, 5.74) is -0.231. The highest BCUT2D eigenvalue weighted by atomic mass is 19.4. The quantitative estimate of drug-likeness (QED) is 0.451. The Kier molecular flexibility index (Phi) is 6.93. The lowest BCUT2D eigenvalue weighted by Gasteiger charge is -2.60. The third-order valence-corrected chi connectivity index (χ3v) is 8.46. The van der Waals surface area contributed by atoms with Gasteiger partial charge in [0.25, 0.3) is 0 Å². The van der Waals surface area contributed by atoms with Crippen LogP contribution >= 0.6 is 0 Å². The van der Waals surface area contributed by atoms with Crippen molar-refractivity contribution in [1.29, 1.82) is 0 Å². The highest BCUT2D eigenvalue weighted by Gasteiger charge is 2.55. The molecule has 6 rings (SSSR count). The van der Waals surface area contributed by atoms with Crippen LogP contribution in [0.15, 0.2) is 18.2 Å². The number of Topliss-reactive ketones (excluding diaryl/α,β-unsaturated/α-hetero) is 1. The average molecular weight is 526 g/mol. The van der Waals surface area contributed by atoms with Gasteiger partial charge < -0.3 is 19.9 Å². The van der Waals surface area contributed by atoms with Crippen LogP contribution in [0.25, 0.3) is 0 Å². The number of ether oxygens (including phenoxy) is 1. The zero-order valence-corrected chi connectivity index (χ0v) is 20.5. The summed E-state index contributed by atoms with van der Waals surface area (Å²) in [5.74, 6) is -2.07. The number of amides is 3. The zero-order valence-electron chi connectivity index (χ0n) is 20.5. The molecular formula is C26H31F4N3O4. The van der Waals surface area contributed by atoms with E-state index in [0.29, 0.717) is 44.1 Å². The molecule has 3 amide bonds. The Bertz CT molecular complexity index is 1040. The molecule has 0 spiro atoms. The Morgan fingerprint density at radius 2 is 1.62 bits per heavy atom. The number of rotatable bonds is 6. The first-order chi connectivity index (χ1) is 17.5. The number of morpholine rings is 1. The van der Waals surface area contributed by atoms with Crippen LogP contribution in [0.4, 0.5) is 22.4 Å². The molecule has 0 atom stereocenters. The second kappa shape index (κ2) is 9.89. The van der Waals surface area contributed by atoms with Crippen LogP contribution in [0.2, 0.25) is 0 Å². The van der Waals surface area contributed by atoms with Crippen molar-refractivity contribution in [3.63, 3.8) is 0 Å². The fraction of sp³-hybridized carbons (Fsp3) is 0.654. The van der Waals surface area contributed by atoms with Crippen LogP contribution in [-0.4, -0.2) is 72.1 Å². The number of alkyl halides is 3. The second-order valence-electron chi connectivity index (χ2n) is 11.0. The minimum atomic E-state index is -5.11. The standard InChI is InChI=1S/C26H31F4N3O4/c27-21-10-19(22(34)14-31-23(35)26(28,29)30)1-2-20(21)15-33(24(36)32-3-5-37-6-4-32)25-11-16-7-17(12-25)9-18(8-16)13-25/h1-2,10,16-18H,3-9,11-15H2,(H,31,35). The first-order valence-corrected chi connectivity index (χ1v) is 12.8. The van der Waals surface area contributed by atoms with Gasteiger partial charge in [0, 0.05) is 29.8 Å². The van der Waals surface area contributed by atoms with E-state index in [9.17, 15) is 27.6 Å². The van der Waals surface area contributed by atoms with Crippen LogP contribution in [0, 0.1) is 23.6 Å². The van der Waals surface area contributed by atoms with E-state index >= 15 is 4.39 Å². The summed E-state index contributed by atoms with van der Waals surface area (Å²) in [6.45, 7) is 1.01. The van der Waals surface area contributed by atoms with Gasteiger partial charge in [0.2, 0.25) is 0 Å². The molecule has 11 heteroatoms. The van der Waals surface area contributed by atoms with Crippen molar-refractivity contribution in [2.24, 2.45) is 17.8 Å². The van der Waals surface area contributed by atoms with Gasteiger partial charge in [-0.3, -0.25) is 9.59 Å². The molecule has 0 unspecified atom stereocenters.